The number of hydrogen-bond donors (Lipinski definition) is 0. The summed E-state index contributed by atoms with van der Waals surface area (Å²) in [6, 6.07) is 2.58. The Morgan fingerprint density at radius 3 is 2.93 bits per heavy atom. The number of ketones is 1. The van der Waals surface area contributed by atoms with E-state index < -0.39 is 0 Å². The number of Topliss-reactive ketones (excluding diaryl/α,β-unsaturated/α-hetero) is 1. The zero-order valence-electron chi connectivity index (χ0n) is 9.11. The molecule has 0 aromatic heterocycles. The lowest BCUT2D eigenvalue weighted by Crippen LogP contribution is -2.40. The maximum absolute atomic E-state index is 11.8. The van der Waals surface area contributed by atoms with Crippen molar-refractivity contribution >= 4 is 5.78 Å². The summed E-state index contributed by atoms with van der Waals surface area (Å²) in [4.78, 5) is 14.0. The second kappa shape index (κ2) is 4.76. The fourth-order valence-corrected chi connectivity index (χ4v) is 3.01. The lowest BCUT2D eigenvalue weighted by molar-refractivity contribution is -0.126. The molecular formula is C12H18N2O. The molecule has 2 rings (SSSR count). The minimum Gasteiger partial charge on any atom is -0.299 e. The highest BCUT2D eigenvalue weighted by Gasteiger charge is 2.36. The Kier molecular flexibility index (Phi) is 3.37. The quantitative estimate of drug-likeness (QED) is 0.646. The van der Waals surface area contributed by atoms with Gasteiger partial charge in [-0.3, -0.25) is 9.69 Å². The number of nitrogens with zero attached hydrogens (tertiary/aromatic N) is 2. The summed E-state index contributed by atoms with van der Waals surface area (Å²) in [6.07, 6.45) is 6.33. The van der Waals surface area contributed by atoms with Crippen LogP contribution in [0.1, 0.15) is 38.5 Å². The van der Waals surface area contributed by atoms with Gasteiger partial charge in [0, 0.05) is 18.4 Å². The first kappa shape index (κ1) is 10.6. The van der Waals surface area contributed by atoms with Gasteiger partial charge in [0.2, 0.25) is 0 Å². The molecule has 1 saturated carbocycles. The standard InChI is InChI=1S/C12H18N2O/c13-7-9-14-8-3-5-11(14)10-4-1-2-6-12(10)15/h10-11H,1-6,8-9H2. The number of carbonyl (C=O) groups is 1. The Hall–Kier alpha value is -0.880. The van der Waals surface area contributed by atoms with Crippen molar-refractivity contribution in [1.82, 2.24) is 4.90 Å². The maximum Gasteiger partial charge on any atom is 0.137 e. The van der Waals surface area contributed by atoms with Crippen molar-refractivity contribution in [3.8, 4) is 6.07 Å². The fourth-order valence-electron chi connectivity index (χ4n) is 3.01. The summed E-state index contributed by atoms with van der Waals surface area (Å²) >= 11 is 0. The zero-order valence-corrected chi connectivity index (χ0v) is 9.11. The molecule has 2 atom stereocenters. The molecule has 2 fully saturated rings. The Morgan fingerprint density at radius 2 is 2.20 bits per heavy atom. The van der Waals surface area contributed by atoms with Crippen molar-refractivity contribution < 1.29 is 4.79 Å². The van der Waals surface area contributed by atoms with Crippen molar-refractivity contribution in [2.75, 3.05) is 13.1 Å². The number of carbonyl (C=O) groups excluding carboxylic acids is 1. The van der Waals surface area contributed by atoms with E-state index in [9.17, 15) is 4.79 Å². The molecule has 1 aliphatic carbocycles. The third-order valence-corrected chi connectivity index (χ3v) is 3.75. The third kappa shape index (κ3) is 2.21. The largest absolute Gasteiger partial charge is 0.299 e. The van der Waals surface area contributed by atoms with Crippen LogP contribution >= 0.6 is 0 Å². The summed E-state index contributed by atoms with van der Waals surface area (Å²) in [5.41, 5.74) is 0. The molecule has 0 radical (unpaired) electrons. The van der Waals surface area contributed by atoms with Gasteiger partial charge in [-0.15, -0.1) is 0 Å². The Balaban J connectivity index is 2.01. The van der Waals surface area contributed by atoms with Gasteiger partial charge in [-0.05, 0) is 32.2 Å². The first-order valence-electron chi connectivity index (χ1n) is 5.96. The smallest absolute Gasteiger partial charge is 0.137 e. The van der Waals surface area contributed by atoms with E-state index in [1.807, 2.05) is 0 Å². The Labute approximate surface area is 91.1 Å². The van der Waals surface area contributed by atoms with Gasteiger partial charge in [-0.25, -0.2) is 0 Å². The topological polar surface area (TPSA) is 44.1 Å². The first-order chi connectivity index (χ1) is 7.33. The van der Waals surface area contributed by atoms with Gasteiger partial charge in [0.25, 0.3) is 0 Å². The predicted octanol–water partition coefficient (Wildman–Crippen LogP) is 1.73. The molecule has 0 aromatic carbocycles. The Bertz CT molecular complexity index is 282. The Morgan fingerprint density at radius 1 is 1.33 bits per heavy atom. The van der Waals surface area contributed by atoms with Crippen molar-refractivity contribution in [3.05, 3.63) is 0 Å². The molecule has 0 N–H and O–H groups in total. The zero-order chi connectivity index (χ0) is 10.7. The number of rotatable bonds is 2. The van der Waals surface area contributed by atoms with Crippen LogP contribution in [0.4, 0.5) is 0 Å². The van der Waals surface area contributed by atoms with Crippen molar-refractivity contribution in [2.45, 2.75) is 44.6 Å². The van der Waals surface area contributed by atoms with Crippen molar-refractivity contribution in [1.29, 1.82) is 5.26 Å². The van der Waals surface area contributed by atoms with Crippen LogP contribution < -0.4 is 0 Å². The van der Waals surface area contributed by atoms with E-state index in [0.29, 0.717) is 18.4 Å². The minimum atomic E-state index is 0.231. The number of hydrogen-bond acceptors (Lipinski definition) is 3. The molecule has 0 aromatic rings. The predicted molar refractivity (Wildman–Crippen MR) is 57.2 cm³/mol. The molecule has 2 aliphatic rings. The molecule has 2 unspecified atom stereocenters. The maximum atomic E-state index is 11.8. The van der Waals surface area contributed by atoms with Crippen LogP contribution in [0, 0.1) is 17.2 Å². The molecule has 0 spiro atoms. The van der Waals surface area contributed by atoms with Gasteiger partial charge in [0.15, 0.2) is 0 Å². The van der Waals surface area contributed by atoms with E-state index in [4.69, 9.17) is 5.26 Å². The van der Waals surface area contributed by atoms with Crippen LogP contribution in [0.2, 0.25) is 0 Å². The monoisotopic (exact) mass is 206 g/mol. The van der Waals surface area contributed by atoms with Crippen LogP contribution in [0.5, 0.6) is 0 Å². The second-order valence-electron chi connectivity index (χ2n) is 4.66. The summed E-state index contributed by atoms with van der Waals surface area (Å²) in [5, 5.41) is 8.73. The molecule has 0 amide bonds. The van der Waals surface area contributed by atoms with E-state index in [0.717, 1.165) is 38.6 Å². The highest BCUT2D eigenvalue weighted by atomic mass is 16.1. The average molecular weight is 206 g/mol. The minimum absolute atomic E-state index is 0.231. The molecule has 3 nitrogen and oxygen atoms in total. The molecule has 3 heteroatoms. The molecule has 0 bridgehead atoms. The van der Waals surface area contributed by atoms with E-state index >= 15 is 0 Å². The molecule has 1 heterocycles. The van der Waals surface area contributed by atoms with Crippen molar-refractivity contribution in [3.63, 3.8) is 0 Å². The third-order valence-electron chi connectivity index (χ3n) is 3.75. The molecule has 15 heavy (non-hydrogen) atoms. The number of likely N-dealkylation sites (tertiary alicyclic amines) is 1. The summed E-state index contributed by atoms with van der Waals surface area (Å²) in [7, 11) is 0. The van der Waals surface area contributed by atoms with Crippen LogP contribution in [0.3, 0.4) is 0 Å². The van der Waals surface area contributed by atoms with Crippen LogP contribution in [0.25, 0.3) is 0 Å². The van der Waals surface area contributed by atoms with E-state index in [-0.39, 0.29) is 5.92 Å². The fraction of sp³-hybridized carbons (Fsp3) is 0.833. The molecule has 82 valence electrons. The molecular weight excluding hydrogens is 188 g/mol. The van der Waals surface area contributed by atoms with Gasteiger partial charge in [-0.1, -0.05) is 6.42 Å². The van der Waals surface area contributed by atoms with Crippen molar-refractivity contribution in [2.24, 2.45) is 5.92 Å². The summed E-state index contributed by atoms with van der Waals surface area (Å²) < 4.78 is 0. The van der Waals surface area contributed by atoms with Gasteiger partial charge in [0.1, 0.15) is 5.78 Å². The summed E-state index contributed by atoms with van der Waals surface area (Å²) in [5.74, 6) is 0.672. The van der Waals surface area contributed by atoms with E-state index in [1.165, 1.54) is 6.42 Å². The molecule has 1 saturated heterocycles. The van der Waals surface area contributed by atoms with Crippen LogP contribution in [-0.2, 0) is 4.79 Å². The van der Waals surface area contributed by atoms with Crippen LogP contribution in [-0.4, -0.2) is 29.8 Å². The van der Waals surface area contributed by atoms with E-state index in [2.05, 4.69) is 11.0 Å². The highest BCUT2D eigenvalue weighted by Crippen LogP contribution is 2.31. The first-order valence-corrected chi connectivity index (χ1v) is 5.96. The lowest BCUT2D eigenvalue weighted by atomic mass is 9.82. The van der Waals surface area contributed by atoms with Gasteiger partial charge in [-0.2, -0.15) is 5.26 Å². The van der Waals surface area contributed by atoms with Gasteiger partial charge in [0.05, 0.1) is 12.6 Å². The number of nitriles is 1. The van der Waals surface area contributed by atoms with Crippen LogP contribution in [0.15, 0.2) is 0 Å². The highest BCUT2D eigenvalue weighted by molar-refractivity contribution is 5.82. The average Bonchev–Trinajstić information content (AvgIpc) is 2.67. The SMILES string of the molecule is N#CCN1CCCC1C1CCCCC1=O. The van der Waals surface area contributed by atoms with Gasteiger partial charge < -0.3 is 0 Å². The summed E-state index contributed by atoms with van der Waals surface area (Å²) in [6.45, 7) is 1.50. The van der Waals surface area contributed by atoms with E-state index in [1.54, 1.807) is 0 Å². The second-order valence-corrected chi connectivity index (χ2v) is 4.66. The normalized spacial score (nSPS) is 32.9. The van der Waals surface area contributed by atoms with Gasteiger partial charge >= 0.3 is 0 Å². The lowest BCUT2D eigenvalue weighted by Gasteiger charge is -2.31. The molecule has 1 aliphatic heterocycles.